The van der Waals surface area contributed by atoms with Crippen LogP contribution in [0.3, 0.4) is 0 Å². The van der Waals surface area contributed by atoms with Crippen LogP contribution in [0.15, 0.2) is 54.0 Å². The Labute approximate surface area is 173 Å². The minimum absolute atomic E-state index is 0.132. The zero-order valence-electron chi connectivity index (χ0n) is 17.4. The van der Waals surface area contributed by atoms with E-state index >= 15 is 0 Å². The molecule has 0 aromatic heterocycles. The maximum Gasteiger partial charge on any atom is 0.221 e. The molecule has 0 saturated carbocycles. The third-order valence-corrected chi connectivity index (χ3v) is 4.99. The van der Waals surface area contributed by atoms with E-state index < -0.39 is 0 Å². The lowest BCUT2D eigenvalue weighted by atomic mass is 10.0. The quantitative estimate of drug-likeness (QED) is 0.523. The van der Waals surface area contributed by atoms with Gasteiger partial charge in [0.25, 0.3) is 0 Å². The first kappa shape index (κ1) is 21.1. The van der Waals surface area contributed by atoms with Crippen molar-refractivity contribution in [1.82, 2.24) is 5.32 Å². The molecule has 0 aliphatic heterocycles. The number of hydrogen-bond acceptors (Lipinski definition) is 5. The van der Waals surface area contributed by atoms with Gasteiger partial charge in [-0.25, -0.2) is 4.99 Å². The predicted molar refractivity (Wildman–Crippen MR) is 117 cm³/mol. The molecule has 1 unspecified atom stereocenters. The minimum Gasteiger partial charge on any atom is -0.491 e. The molecule has 0 fully saturated rings. The van der Waals surface area contributed by atoms with Gasteiger partial charge in [-0.1, -0.05) is 24.8 Å². The average molecular weight is 395 g/mol. The number of aliphatic hydroxyl groups excluding tert-OH is 1. The molecule has 2 aromatic rings. The molecule has 1 aliphatic rings. The predicted octanol–water partition coefficient (Wildman–Crippen LogP) is 4.11. The zero-order chi connectivity index (χ0) is 20.8. The summed E-state index contributed by atoms with van der Waals surface area (Å²) < 4.78 is 11.3. The highest BCUT2D eigenvalue weighted by Gasteiger charge is 2.24. The Morgan fingerprint density at radius 3 is 2.66 bits per heavy atom. The van der Waals surface area contributed by atoms with E-state index in [-0.39, 0.29) is 18.8 Å². The van der Waals surface area contributed by atoms with Gasteiger partial charge in [-0.15, -0.1) is 0 Å². The molecular weight excluding hydrogens is 364 g/mol. The summed E-state index contributed by atoms with van der Waals surface area (Å²) in [5.41, 5.74) is 5.14. The van der Waals surface area contributed by atoms with Gasteiger partial charge in [0.1, 0.15) is 5.75 Å². The lowest BCUT2D eigenvalue weighted by Gasteiger charge is -2.15. The monoisotopic (exact) mass is 394 g/mol. The molecule has 2 N–H and O–H groups in total. The van der Waals surface area contributed by atoms with E-state index in [0.717, 1.165) is 29.7 Å². The molecule has 0 amide bonds. The Hall–Kier alpha value is -2.63. The number of methoxy groups -OCH3 is 1. The SMILES string of the molecule is C=C(N=C(OC)c1ccc(OC(C)C)cc1)c1cccc2c1CCC2NCCO. The summed E-state index contributed by atoms with van der Waals surface area (Å²) in [5, 5.41) is 12.5. The lowest BCUT2D eigenvalue weighted by Crippen LogP contribution is -2.22. The van der Waals surface area contributed by atoms with E-state index in [9.17, 15) is 0 Å². The van der Waals surface area contributed by atoms with Gasteiger partial charge < -0.3 is 19.9 Å². The van der Waals surface area contributed by atoms with Crippen molar-refractivity contribution < 1.29 is 14.6 Å². The first-order chi connectivity index (χ1) is 14.0. The van der Waals surface area contributed by atoms with Gasteiger partial charge in [-0.2, -0.15) is 0 Å². The second-order valence-corrected chi connectivity index (χ2v) is 7.40. The Bertz CT molecular complexity index is 872. The molecule has 0 bridgehead atoms. The summed E-state index contributed by atoms with van der Waals surface area (Å²) >= 11 is 0. The van der Waals surface area contributed by atoms with E-state index in [2.05, 4.69) is 29.0 Å². The van der Waals surface area contributed by atoms with E-state index in [1.54, 1.807) is 7.11 Å². The lowest BCUT2D eigenvalue weighted by molar-refractivity contribution is 0.242. The molecule has 0 heterocycles. The summed E-state index contributed by atoms with van der Waals surface area (Å²) in [6.07, 6.45) is 2.11. The van der Waals surface area contributed by atoms with Gasteiger partial charge in [0, 0.05) is 23.7 Å². The van der Waals surface area contributed by atoms with Crippen LogP contribution in [0.25, 0.3) is 5.70 Å². The fourth-order valence-electron chi connectivity index (χ4n) is 3.73. The molecule has 5 heteroatoms. The molecule has 29 heavy (non-hydrogen) atoms. The smallest absolute Gasteiger partial charge is 0.221 e. The van der Waals surface area contributed by atoms with Gasteiger partial charge in [-0.05, 0) is 62.1 Å². The Morgan fingerprint density at radius 2 is 2.00 bits per heavy atom. The van der Waals surface area contributed by atoms with Crippen LogP contribution in [-0.2, 0) is 11.2 Å². The highest BCUT2D eigenvalue weighted by Crippen LogP contribution is 2.36. The Balaban J connectivity index is 1.83. The summed E-state index contributed by atoms with van der Waals surface area (Å²) in [7, 11) is 1.62. The third kappa shape index (κ3) is 5.05. The van der Waals surface area contributed by atoms with E-state index in [0.29, 0.717) is 18.1 Å². The molecule has 5 nitrogen and oxygen atoms in total. The minimum atomic E-state index is 0.132. The zero-order valence-corrected chi connectivity index (χ0v) is 17.4. The van der Waals surface area contributed by atoms with Gasteiger partial charge in [0.05, 0.1) is 25.5 Å². The van der Waals surface area contributed by atoms with Crippen molar-refractivity contribution in [1.29, 1.82) is 0 Å². The maximum absolute atomic E-state index is 9.10. The maximum atomic E-state index is 9.10. The molecule has 154 valence electrons. The van der Waals surface area contributed by atoms with Crippen molar-refractivity contribution in [3.8, 4) is 5.75 Å². The molecule has 0 spiro atoms. The number of ether oxygens (including phenoxy) is 2. The fourth-order valence-corrected chi connectivity index (χ4v) is 3.73. The molecule has 1 aliphatic carbocycles. The first-order valence-corrected chi connectivity index (χ1v) is 10.1. The third-order valence-electron chi connectivity index (χ3n) is 4.99. The second-order valence-electron chi connectivity index (χ2n) is 7.40. The normalized spacial score (nSPS) is 16.0. The van der Waals surface area contributed by atoms with Crippen LogP contribution < -0.4 is 10.1 Å². The molecule has 0 radical (unpaired) electrons. The van der Waals surface area contributed by atoms with E-state index in [1.807, 2.05) is 44.2 Å². The van der Waals surface area contributed by atoms with E-state index in [4.69, 9.17) is 14.6 Å². The van der Waals surface area contributed by atoms with Crippen molar-refractivity contribution in [3.63, 3.8) is 0 Å². The van der Waals surface area contributed by atoms with Crippen LogP contribution >= 0.6 is 0 Å². The first-order valence-electron chi connectivity index (χ1n) is 10.1. The van der Waals surface area contributed by atoms with Crippen molar-refractivity contribution in [2.45, 2.75) is 38.8 Å². The second kappa shape index (κ2) is 9.72. The van der Waals surface area contributed by atoms with E-state index in [1.165, 1.54) is 11.1 Å². The fraction of sp³-hybridized carbons (Fsp3) is 0.375. The van der Waals surface area contributed by atoms with Crippen LogP contribution in [-0.4, -0.2) is 37.4 Å². The molecule has 1 atom stereocenters. The standard InChI is InChI=1S/C24H30N2O3/c1-16(2)29-19-10-8-18(9-11-19)24(28-4)26-17(3)20-6-5-7-22-21(20)12-13-23(22)25-14-15-27/h5-11,16,23,25,27H,3,12-15H2,1-2,4H3. The average Bonchev–Trinajstić information content (AvgIpc) is 3.13. The molecule has 0 saturated heterocycles. The summed E-state index contributed by atoms with van der Waals surface area (Å²) in [4.78, 5) is 4.69. The van der Waals surface area contributed by atoms with Gasteiger partial charge in [0.15, 0.2) is 0 Å². The highest BCUT2D eigenvalue weighted by atomic mass is 16.5. The van der Waals surface area contributed by atoms with Crippen LogP contribution in [0.4, 0.5) is 0 Å². The number of hydrogen-bond donors (Lipinski definition) is 2. The molecule has 3 rings (SSSR count). The van der Waals surface area contributed by atoms with Crippen molar-refractivity contribution in [2.75, 3.05) is 20.3 Å². The number of aliphatic imine (C=N–C) groups is 1. The van der Waals surface area contributed by atoms with Crippen molar-refractivity contribution in [2.24, 2.45) is 4.99 Å². The number of aliphatic hydroxyl groups is 1. The largest absolute Gasteiger partial charge is 0.491 e. The van der Waals surface area contributed by atoms with Gasteiger partial charge in [-0.3, -0.25) is 0 Å². The van der Waals surface area contributed by atoms with Gasteiger partial charge >= 0.3 is 0 Å². The Kier molecular flexibility index (Phi) is 7.07. The summed E-state index contributed by atoms with van der Waals surface area (Å²) in [5.74, 6) is 1.34. The van der Waals surface area contributed by atoms with Crippen molar-refractivity contribution in [3.05, 3.63) is 71.3 Å². The molecular formula is C24H30N2O3. The van der Waals surface area contributed by atoms with Crippen LogP contribution in [0.2, 0.25) is 0 Å². The van der Waals surface area contributed by atoms with Crippen molar-refractivity contribution >= 4 is 11.6 Å². The highest BCUT2D eigenvalue weighted by molar-refractivity contribution is 5.97. The number of nitrogens with zero attached hydrogens (tertiary/aromatic N) is 1. The number of rotatable bonds is 8. The molecule has 2 aromatic carbocycles. The van der Waals surface area contributed by atoms with Crippen LogP contribution in [0.1, 0.15) is 48.6 Å². The Morgan fingerprint density at radius 1 is 1.24 bits per heavy atom. The summed E-state index contributed by atoms with van der Waals surface area (Å²) in [6, 6.07) is 14.2. The number of benzene rings is 2. The topological polar surface area (TPSA) is 63.1 Å². The van der Waals surface area contributed by atoms with Crippen LogP contribution in [0.5, 0.6) is 5.75 Å². The van der Waals surface area contributed by atoms with Crippen LogP contribution in [0, 0.1) is 0 Å². The summed E-state index contributed by atoms with van der Waals surface area (Å²) in [6.45, 7) is 8.95. The number of fused-ring (bicyclic) bond motifs is 1. The number of nitrogens with one attached hydrogen (secondary N) is 1. The van der Waals surface area contributed by atoms with Gasteiger partial charge in [0.2, 0.25) is 5.90 Å².